The van der Waals surface area contributed by atoms with Gasteiger partial charge in [-0.3, -0.25) is 4.79 Å². The number of benzene rings is 1. The van der Waals surface area contributed by atoms with Gasteiger partial charge in [-0.05, 0) is 67.2 Å². The number of allylic oxidation sites excluding steroid dienone is 1. The quantitative estimate of drug-likeness (QED) is 0.542. The zero-order valence-corrected chi connectivity index (χ0v) is 23.7. The molecule has 5 aliphatic rings. The molecule has 0 bridgehead atoms. The van der Waals surface area contributed by atoms with Gasteiger partial charge in [-0.2, -0.15) is 40.5 Å². The zero-order valence-electron chi connectivity index (χ0n) is 20.7. The first-order chi connectivity index (χ1) is 15.4. The first-order valence-electron chi connectivity index (χ1n) is 12.3. The molecule has 1 heterocycles. The fourth-order valence-electron chi connectivity index (χ4n) is 7.92. The van der Waals surface area contributed by atoms with Crippen LogP contribution < -0.4 is 4.74 Å². The average molecular weight is 541 g/mol. The van der Waals surface area contributed by atoms with Crippen LogP contribution in [0.3, 0.4) is 0 Å². The van der Waals surface area contributed by atoms with Crippen LogP contribution in [0.25, 0.3) is 0 Å². The maximum absolute atomic E-state index is 13.1. The molecule has 4 aliphatic carbocycles. The molecule has 1 N–H and O–H groups in total. The van der Waals surface area contributed by atoms with Crippen LogP contribution in [-0.4, -0.2) is 42.6 Å². The van der Waals surface area contributed by atoms with Crippen LogP contribution in [-0.2, 0) is 14.3 Å². The lowest BCUT2D eigenvalue weighted by Crippen LogP contribution is -2.53. The van der Waals surface area contributed by atoms with Gasteiger partial charge in [-0.1, -0.05) is 24.6 Å². The summed E-state index contributed by atoms with van der Waals surface area (Å²) in [6.45, 7) is 3.44. The number of rotatable bonds is 2. The molecule has 8 heteroatoms. The van der Waals surface area contributed by atoms with Crippen molar-refractivity contribution in [3.05, 3.63) is 41.0 Å². The Morgan fingerprint density at radius 2 is 1.69 bits per heavy atom. The average Bonchev–Trinajstić information content (AvgIpc) is 3.36. The highest BCUT2D eigenvalue weighted by Crippen LogP contribution is 2.64. The molecule has 1 aromatic carbocycles. The van der Waals surface area contributed by atoms with Gasteiger partial charge in [-0.15, -0.1) is 0 Å². The predicted octanol–water partition coefficient (Wildman–Crippen LogP) is 4.87. The molecule has 4 fully saturated rings. The fourth-order valence-corrected chi connectivity index (χ4v) is 7.92. The molecular formula is C27H40O5S3. The Labute approximate surface area is 229 Å². The second-order valence-electron chi connectivity index (χ2n) is 10.9. The molecule has 35 heavy (non-hydrogen) atoms. The molecule has 196 valence electrons. The minimum Gasteiger partial charge on any atom is -0.497 e. The molecule has 5 nitrogen and oxygen atoms in total. The minimum absolute atomic E-state index is 0. The number of hydrogen-bond donors (Lipinski definition) is 1. The highest BCUT2D eigenvalue weighted by molar-refractivity contribution is 7.59. The summed E-state index contributed by atoms with van der Waals surface area (Å²) < 4.78 is 17.4. The predicted molar refractivity (Wildman–Crippen MR) is 151 cm³/mol. The lowest BCUT2D eigenvalue weighted by molar-refractivity contribution is -0.208. The molecule has 1 spiro atoms. The highest BCUT2D eigenvalue weighted by atomic mass is 32.1. The van der Waals surface area contributed by atoms with Crippen molar-refractivity contribution in [2.45, 2.75) is 75.6 Å². The van der Waals surface area contributed by atoms with Crippen LogP contribution in [0, 0.1) is 17.3 Å². The molecule has 5 atom stereocenters. The van der Waals surface area contributed by atoms with Crippen molar-refractivity contribution in [1.29, 1.82) is 0 Å². The summed E-state index contributed by atoms with van der Waals surface area (Å²) in [4.78, 5) is 13.1. The zero-order chi connectivity index (χ0) is 22.1. The van der Waals surface area contributed by atoms with E-state index >= 15 is 0 Å². The van der Waals surface area contributed by atoms with Crippen molar-refractivity contribution in [3.63, 3.8) is 0 Å². The Morgan fingerprint density at radius 3 is 2.34 bits per heavy atom. The maximum atomic E-state index is 13.1. The number of methoxy groups -OCH3 is 1. The van der Waals surface area contributed by atoms with E-state index in [0.29, 0.717) is 43.7 Å². The molecule has 0 radical (unpaired) electrons. The molecule has 1 aliphatic heterocycles. The van der Waals surface area contributed by atoms with Gasteiger partial charge in [0.05, 0.1) is 25.9 Å². The van der Waals surface area contributed by atoms with Crippen LogP contribution in [0.5, 0.6) is 5.75 Å². The van der Waals surface area contributed by atoms with Crippen molar-refractivity contribution in [2.24, 2.45) is 17.3 Å². The van der Waals surface area contributed by atoms with E-state index in [2.05, 4.69) is 19.1 Å². The Kier molecular flexibility index (Phi) is 8.48. The van der Waals surface area contributed by atoms with Crippen molar-refractivity contribution in [2.75, 3.05) is 20.3 Å². The number of hydrogen-bond acceptors (Lipinski definition) is 5. The summed E-state index contributed by atoms with van der Waals surface area (Å²) in [7, 11) is 1.69. The van der Waals surface area contributed by atoms with E-state index in [1.165, 1.54) is 16.7 Å². The normalized spacial score (nSPS) is 36.8. The van der Waals surface area contributed by atoms with E-state index in [1.54, 1.807) is 7.11 Å². The van der Waals surface area contributed by atoms with E-state index in [4.69, 9.17) is 14.2 Å². The van der Waals surface area contributed by atoms with Gasteiger partial charge in [0, 0.05) is 30.6 Å². The van der Waals surface area contributed by atoms with Crippen molar-refractivity contribution in [3.8, 4) is 5.75 Å². The van der Waals surface area contributed by atoms with Gasteiger partial charge in [0.1, 0.15) is 11.5 Å². The maximum Gasteiger partial charge on any atom is 0.171 e. The highest BCUT2D eigenvalue weighted by Gasteiger charge is 2.60. The largest absolute Gasteiger partial charge is 0.497 e. The van der Waals surface area contributed by atoms with E-state index < -0.39 is 11.4 Å². The third-order valence-corrected chi connectivity index (χ3v) is 9.46. The molecule has 1 saturated heterocycles. The summed E-state index contributed by atoms with van der Waals surface area (Å²) in [6.07, 6.45) is 6.34. The third kappa shape index (κ3) is 4.40. The number of ketones is 1. The Bertz CT molecular complexity index is 974. The second kappa shape index (κ2) is 10.3. The first kappa shape index (κ1) is 28.9. The monoisotopic (exact) mass is 540 g/mol. The van der Waals surface area contributed by atoms with E-state index in [-0.39, 0.29) is 51.8 Å². The number of carbonyl (C=O) groups excluding carboxylic acids is 1. The van der Waals surface area contributed by atoms with E-state index in [0.717, 1.165) is 44.3 Å². The summed E-state index contributed by atoms with van der Waals surface area (Å²) in [5.41, 5.74) is 2.75. The van der Waals surface area contributed by atoms with Gasteiger partial charge in [-0.25, -0.2) is 0 Å². The summed E-state index contributed by atoms with van der Waals surface area (Å²) in [5, 5.41) is 12.0. The number of ether oxygens (including phenoxy) is 3. The van der Waals surface area contributed by atoms with Crippen molar-refractivity contribution < 1.29 is 24.1 Å². The van der Waals surface area contributed by atoms with Gasteiger partial charge in [0.25, 0.3) is 0 Å². The molecular weight excluding hydrogens is 500 g/mol. The molecule has 3 saturated carbocycles. The number of carbonyl (C=O) groups is 1. The lowest BCUT2D eigenvalue weighted by atomic mass is 9.51. The van der Waals surface area contributed by atoms with Gasteiger partial charge in [0.2, 0.25) is 0 Å². The van der Waals surface area contributed by atoms with Gasteiger partial charge < -0.3 is 19.3 Å². The van der Waals surface area contributed by atoms with Crippen LogP contribution in [0.4, 0.5) is 0 Å². The Hall–Kier alpha value is -0.640. The smallest absolute Gasteiger partial charge is 0.171 e. The summed E-state index contributed by atoms with van der Waals surface area (Å²) >= 11 is 0. The SMILES string of the molecule is COc1ccc([C@H]2C[C@]3(C)C(=O)CC[C@H]3[C@@H]3CC[C@@]4(O)CC5(CCC4=C32)OCCO5)cc1.S.S.S. The van der Waals surface area contributed by atoms with Gasteiger partial charge >= 0.3 is 0 Å². The second-order valence-corrected chi connectivity index (χ2v) is 10.9. The van der Waals surface area contributed by atoms with E-state index in [9.17, 15) is 9.90 Å². The topological polar surface area (TPSA) is 65.0 Å². The van der Waals surface area contributed by atoms with Crippen LogP contribution in [0.15, 0.2) is 35.4 Å². The van der Waals surface area contributed by atoms with Crippen LogP contribution in [0.2, 0.25) is 0 Å². The molecule has 6 rings (SSSR count). The number of aliphatic hydroxyl groups is 1. The Balaban J connectivity index is 0.00000114. The number of fused-ring (bicyclic) bond motifs is 4. The van der Waals surface area contributed by atoms with Crippen LogP contribution >= 0.6 is 40.5 Å². The molecule has 1 aromatic rings. The fraction of sp³-hybridized carbons (Fsp3) is 0.667. The minimum atomic E-state index is -0.866. The Morgan fingerprint density at radius 1 is 1.00 bits per heavy atom. The summed E-state index contributed by atoms with van der Waals surface area (Å²) in [6, 6.07) is 8.34. The standard InChI is InChI=1S/C27H34O5.3H2S/c1-25-15-20(17-3-5-18(30-2)6-4-17)24-19(21(25)7-8-23(25)28)9-11-26(29)16-27(12-10-22(24)26)31-13-14-32-27;;;/h3-6,19-21,29H,7-16H2,1-2H3;3*1H2/t19-,20+,21-,25-,26+;;;/m0.../s1. The van der Waals surface area contributed by atoms with Crippen LogP contribution in [0.1, 0.15) is 69.8 Å². The summed E-state index contributed by atoms with van der Waals surface area (Å²) in [5.74, 6) is 1.59. The third-order valence-electron chi connectivity index (χ3n) is 9.46. The van der Waals surface area contributed by atoms with Gasteiger partial charge in [0.15, 0.2) is 5.79 Å². The van der Waals surface area contributed by atoms with Crippen molar-refractivity contribution >= 4 is 46.3 Å². The lowest BCUT2D eigenvalue weighted by Gasteiger charge is -2.55. The van der Waals surface area contributed by atoms with Crippen molar-refractivity contribution in [1.82, 2.24) is 0 Å². The molecule has 0 amide bonds. The molecule has 0 aromatic heterocycles. The molecule has 0 unspecified atom stereocenters. The first-order valence-corrected chi connectivity index (χ1v) is 12.3. The van der Waals surface area contributed by atoms with E-state index in [1.807, 2.05) is 12.1 Å². The number of Topliss-reactive ketones (excluding diaryl/α,β-unsaturated/α-hetero) is 1.